The first-order chi connectivity index (χ1) is 13.3. The largest absolute Gasteiger partial charge is 0.469 e. The highest BCUT2D eigenvalue weighted by atomic mass is 127. The van der Waals surface area contributed by atoms with Crippen molar-refractivity contribution in [2.75, 3.05) is 32.8 Å². The van der Waals surface area contributed by atoms with E-state index in [1.165, 1.54) is 5.56 Å². The number of halogens is 1. The van der Waals surface area contributed by atoms with Crippen molar-refractivity contribution in [3.8, 4) is 0 Å². The van der Waals surface area contributed by atoms with Gasteiger partial charge in [-0.15, -0.1) is 24.0 Å². The second-order valence-electron chi connectivity index (χ2n) is 7.43. The summed E-state index contributed by atoms with van der Waals surface area (Å²) in [5.41, 5.74) is 1.31. The number of hydrogen-bond acceptors (Lipinski definition) is 4. The van der Waals surface area contributed by atoms with E-state index >= 15 is 0 Å². The Kier molecular flexibility index (Phi) is 7.78. The van der Waals surface area contributed by atoms with Crippen LogP contribution in [-0.2, 0) is 18.2 Å². The van der Waals surface area contributed by atoms with Crippen LogP contribution in [0.1, 0.15) is 36.5 Å². The van der Waals surface area contributed by atoms with Crippen molar-refractivity contribution in [3.63, 3.8) is 0 Å². The van der Waals surface area contributed by atoms with Crippen LogP contribution in [0.2, 0.25) is 0 Å². The highest BCUT2D eigenvalue weighted by Crippen LogP contribution is 2.26. The molecule has 0 amide bonds. The van der Waals surface area contributed by atoms with Crippen molar-refractivity contribution in [1.29, 1.82) is 0 Å². The molecule has 0 aromatic carbocycles. The van der Waals surface area contributed by atoms with Gasteiger partial charge in [-0.2, -0.15) is 5.10 Å². The number of rotatable bonds is 6. The first-order valence-corrected chi connectivity index (χ1v) is 9.94. The maximum atomic E-state index is 5.74. The molecule has 2 atom stereocenters. The SMILES string of the molecule is Cn1cc(C2CCN(C(=NCC3CCCO3)NCCc3ccco3)C2)cn1.I. The van der Waals surface area contributed by atoms with E-state index in [0.717, 1.165) is 70.2 Å². The van der Waals surface area contributed by atoms with Crippen LogP contribution in [0, 0.1) is 0 Å². The number of aryl methyl sites for hydroxylation is 1. The number of hydrogen-bond donors (Lipinski definition) is 1. The van der Waals surface area contributed by atoms with E-state index < -0.39 is 0 Å². The maximum absolute atomic E-state index is 5.74. The minimum Gasteiger partial charge on any atom is -0.469 e. The summed E-state index contributed by atoms with van der Waals surface area (Å²) in [5.74, 6) is 2.50. The lowest BCUT2D eigenvalue weighted by molar-refractivity contribution is 0.117. The Balaban J connectivity index is 0.00000225. The summed E-state index contributed by atoms with van der Waals surface area (Å²) >= 11 is 0. The Morgan fingerprint density at radius 3 is 3.04 bits per heavy atom. The summed E-state index contributed by atoms with van der Waals surface area (Å²) in [6.45, 7) is 4.40. The average Bonchev–Trinajstić information content (AvgIpc) is 3.46. The lowest BCUT2D eigenvalue weighted by Crippen LogP contribution is -2.41. The number of guanidine groups is 1. The van der Waals surface area contributed by atoms with Crippen LogP contribution in [0.15, 0.2) is 40.2 Å². The number of ether oxygens (including phenoxy) is 1. The molecule has 8 heteroatoms. The number of furan rings is 1. The quantitative estimate of drug-likeness (QED) is 0.376. The molecule has 0 radical (unpaired) electrons. The van der Waals surface area contributed by atoms with Gasteiger partial charge in [-0.05, 0) is 37.0 Å². The van der Waals surface area contributed by atoms with Crippen LogP contribution in [-0.4, -0.2) is 59.5 Å². The molecule has 0 spiro atoms. The summed E-state index contributed by atoms with van der Waals surface area (Å²) in [5, 5.41) is 7.86. The van der Waals surface area contributed by atoms with E-state index in [2.05, 4.69) is 21.5 Å². The summed E-state index contributed by atoms with van der Waals surface area (Å²) in [4.78, 5) is 7.26. The van der Waals surface area contributed by atoms with Gasteiger partial charge in [-0.25, -0.2) is 0 Å². The van der Waals surface area contributed by atoms with Gasteiger partial charge in [0.2, 0.25) is 0 Å². The van der Waals surface area contributed by atoms with Crippen LogP contribution in [0.25, 0.3) is 0 Å². The summed E-state index contributed by atoms with van der Waals surface area (Å²) < 4.78 is 13.1. The molecule has 0 aliphatic carbocycles. The molecular weight excluding hydrogens is 469 g/mol. The highest BCUT2D eigenvalue weighted by Gasteiger charge is 2.27. The van der Waals surface area contributed by atoms with Gasteiger partial charge in [0.15, 0.2) is 5.96 Å². The highest BCUT2D eigenvalue weighted by molar-refractivity contribution is 14.0. The molecule has 2 aromatic rings. The van der Waals surface area contributed by atoms with Crippen molar-refractivity contribution in [2.24, 2.45) is 12.0 Å². The van der Waals surface area contributed by atoms with Crippen LogP contribution in [0.3, 0.4) is 0 Å². The van der Waals surface area contributed by atoms with E-state index in [-0.39, 0.29) is 30.1 Å². The van der Waals surface area contributed by atoms with Gasteiger partial charge in [0.25, 0.3) is 0 Å². The lowest BCUT2D eigenvalue weighted by atomic mass is 10.0. The Hall–Kier alpha value is -1.55. The third-order valence-electron chi connectivity index (χ3n) is 5.39. The van der Waals surface area contributed by atoms with Gasteiger partial charge in [-0.3, -0.25) is 9.67 Å². The fourth-order valence-corrected chi connectivity index (χ4v) is 3.87. The van der Waals surface area contributed by atoms with E-state index in [9.17, 15) is 0 Å². The van der Waals surface area contributed by atoms with Crippen molar-refractivity contribution in [2.45, 2.75) is 37.7 Å². The monoisotopic (exact) mass is 499 g/mol. The van der Waals surface area contributed by atoms with Crippen molar-refractivity contribution < 1.29 is 9.15 Å². The fourth-order valence-electron chi connectivity index (χ4n) is 3.87. The molecule has 154 valence electrons. The second kappa shape index (κ2) is 10.3. The van der Waals surface area contributed by atoms with Gasteiger partial charge in [0, 0.05) is 51.8 Å². The van der Waals surface area contributed by atoms with Crippen LogP contribution >= 0.6 is 24.0 Å². The van der Waals surface area contributed by atoms with E-state index in [0.29, 0.717) is 5.92 Å². The number of aliphatic imine (C=N–C) groups is 1. The minimum atomic E-state index is 0. The molecule has 2 aliphatic heterocycles. The van der Waals surface area contributed by atoms with Crippen LogP contribution in [0.5, 0.6) is 0 Å². The summed E-state index contributed by atoms with van der Waals surface area (Å²) in [6.07, 6.45) is 10.3. The third-order valence-corrected chi connectivity index (χ3v) is 5.39. The molecule has 2 saturated heterocycles. The number of nitrogens with zero attached hydrogens (tertiary/aromatic N) is 4. The van der Waals surface area contributed by atoms with Crippen LogP contribution < -0.4 is 5.32 Å². The normalized spacial score (nSPS) is 22.5. The van der Waals surface area contributed by atoms with E-state index in [1.54, 1.807) is 6.26 Å². The zero-order valence-electron chi connectivity index (χ0n) is 16.4. The number of likely N-dealkylation sites (tertiary alicyclic amines) is 1. The molecule has 2 aromatic heterocycles. The van der Waals surface area contributed by atoms with Gasteiger partial charge in [-0.1, -0.05) is 0 Å². The first-order valence-electron chi connectivity index (χ1n) is 9.94. The Morgan fingerprint density at radius 1 is 1.39 bits per heavy atom. The van der Waals surface area contributed by atoms with Crippen molar-refractivity contribution in [1.82, 2.24) is 20.0 Å². The minimum absolute atomic E-state index is 0. The van der Waals surface area contributed by atoms with Crippen molar-refractivity contribution >= 4 is 29.9 Å². The molecule has 0 bridgehead atoms. The number of aromatic nitrogens is 2. The van der Waals surface area contributed by atoms with Crippen molar-refractivity contribution in [3.05, 3.63) is 42.1 Å². The predicted molar refractivity (Wildman–Crippen MR) is 119 cm³/mol. The molecule has 28 heavy (non-hydrogen) atoms. The van der Waals surface area contributed by atoms with Crippen LogP contribution in [0.4, 0.5) is 0 Å². The second-order valence-corrected chi connectivity index (χ2v) is 7.43. The molecule has 7 nitrogen and oxygen atoms in total. The fraction of sp³-hybridized carbons (Fsp3) is 0.600. The molecule has 4 rings (SSSR count). The molecule has 0 saturated carbocycles. The summed E-state index contributed by atoms with van der Waals surface area (Å²) in [7, 11) is 1.97. The molecule has 2 aliphatic rings. The first kappa shape index (κ1) is 21.2. The molecular formula is C20H30IN5O2. The third kappa shape index (κ3) is 5.50. The zero-order chi connectivity index (χ0) is 18.5. The van der Waals surface area contributed by atoms with Gasteiger partial charge in [0.05, 0.1) is 25.1 Å². The molecule has 2 unspecified atom stereocenters. The molecule has 1 N–H and O–H groups in total. The molecule has 2 fully saturated rings. The Morgan fingerprint density at radius 2 is 2.32 bits per heavy atom. The molecule has 4 heterocycles. The maximum Gasteiger partial charge on any atom is 0.194 e. The number of nitrogens with one attached hydrogen (secondary N) is 1. The topological polar surface area (TPSA) is 67.8 Å². The van der Waals surface area contributed by atoms with Gasteiger partial charge in [0.1, 0.15) is 5.76 Å². The van der Waals surface area contributed by atoms with Gasteiger partial charge >= 0.3 is 0 Å². The zero-order valence-corrected chi connectivity index (χ0v) is 18.7. The summed E-state index contributed by atoms with van der Waals surface area (Å²) in [6, 6.07) is 3.94. The van der Waals surface area contributed by atoms with Gasteiger partial charge < -0.3 is 19.4 Å². The van der Waals surface area contributed by atoms with E-state index in [4.69, 9.17) is 14.1 Å². The average molecular weight is 499 g/mol. The predicted octanol–water partition coefficient (Wildman–Crippen LogP) is 2.79. The smallest absolute Gasteiger partial charge is 0.194 e. The Labute approximate surface area is 183 Å². The van der Waals surface area contributed by atoms with E-state index in [1.807, 2.05) is 30.1 Å². The standard InChI is InChI=1S/C20H29N5O2.HI/c1-24-14-17(12-23-24)16-7-9-25(15-16)20(22-13-19-5-3-11-27-19)21-8-6-18-4-2-10-26-18;/h2,4,10,12,14,16,19H,3,5-9,11,13,15H2,1H3,(H,21,22);1H. The Bertz CT molecular complexity index is 740. The lowest BCUT2D eigenvalue weighted by Gasteiger charge is -2.22.